The van der Waals surface area contributed by atoms with E-state index >= 15 is 0 Å². The maximum atomic E-state index is 11.3. The minimum Gasteiger partial charge on any atom is -0.395 e. The molecular formula is C17H29N3O6. The van der Waals surface area contributed by atoms with Crippen molar-refractivity contribution in [2.45, 2.75) is 20.0 Å². The lowest BCUT2D eigenvalue weighted by atomic mass is 10.00. The fourth-order valence-electron chi connectivity index (χ4n) is 2.84. The van der Waals surface area contributed by atoms with Gasteiger partial charge >= 0.3 is 0 Å². The normalized spacial score (nSPS) is 11.5. The molecular weight excluding hydrogens is 342 g/mol. The molecule has 0 amide bonds. The van der Waals surface area contributed by atoms with Gasteiger partial charge in [0, 0.05) is 51.4 Å². The lowest BCUT2D eigenvalue weighted by Gasteiger charge is -2.24. The molecule has 0 aliphatic rings. The van der Waals surface area contributed by atoms with Gasteiger partial charge in [-0.3, -0.25) is 19.9 Å². The van der Waals surface area contributed by atoms with Gasteiger partial charge in [-0.1, -0.05) is 0 Å². The Morgan fingerprint density at radius 1 is 0.846 bits per heavy atom. The molecule has 0 heterocycles. The van der Waals surface area contributed by atoms with Gasteiger partial charge in [-0.05, 0) is 23.6 Å². The van der Waals surface area contributed by atoms with Crippen LogP contribution < -0.4 is 0 Å². The molecule has 0 aliphatic heterocycles. The highest BCUT2D eigenvalue weighted by molar-refractivity contribution is 5.45. The Morgan fingerprint density at radius 2 is 1.19 bits per heavy atom. The van der Waals surface area contributed by atoms with Gasteiger partial charge in [0.15, 0.2) is 0 Å². The summed E-state index contributed by atoms with van der Waals surface area (Å²) in [6.45, 7) is 3.80. The SMILES string of the molecule is Cc1c(CN(CCO)CCO)cc([N+](=O)[O-])cc1CN(CCO)CCO. The first-order valence-electron chi connectivity index (χ1n) is 8.61. The number of rotatable bonds is 13. The Bertz CT molecular complexity index is 518. The van der Waals surface area contributed by atoms with E-state index in [4.69, 9.17) is 20.4 Å². The second-order valence-corrected chi connectivity index (χ2v) is 6.09. The Balaban J connectivity index is 3.16. The first-order valence-corrected chi connectivity index (χ1v) is 8.61. The summed E-state index contributed by atoms with van der Waals surface area (Å²) in [5.74, 6) is 0. The van der Waals surface area contributed by atoms with Crippen molar-refractivity contribution in [3.63, 3.8) is 0 Å². The van der Waals surface area contributed by atoms with E-state index in [9.17, 15) is 10.1 Å². The fraction of sp³-hybridized carbons (Fsp3) is 0.647. The zero-order valence-corrected chi connectivity index (χ0v) is 15.2. The van der Waals surface area contributed by atoms with E-state index in [-0.39, 0.29) is 32.1 Å². The lowest BCUT2D eigenvalue weighted by molar-refractivity contribution is -0.385. The van der Waals surface area contributed by atoms with E-state index in [1.54, 1.807) is 0 Å². The first kappa shape index (κ1) is 22.4. The average Bonchev–Trinajstić information content (AvgIpc) is 2.59. The Hall–Kier alpha value is -1.62. The highest BCUT2D eigenvalue weighted by atomic mass is 16.6. The molecule has 0 bridgehead atoms. The van der Waals surface area contributed by atoms with Crippen molar-refractivity contribution < 1.29 is 25.3 Å². The van der Waals surface area contributed by atoms with Crippen molar-refractivity contribution in [2.75, 3.05) is 52.6 Å². The van der Waals surface area contributed by atoms with Crippen LogP contribution in [0.3, 0.4) is 0 Å². The van der Waals surface area contributed by atoms with Gasteiger partial charge in [0.2, 0.25) is 0 Å². The minimum absolute atomic E-state index is 0.0264. The van der Waals surface area contributed by atoms with Crippen LogP contribution in [0.5, 0.6) is 0 Å². The third-order valence-electron chi connectivity index (χ3n) is 4.27. The van der Waals surface area contributed by atoms with Gasteiger partial charge in [-0.25, -0.2) is 0 Å². The molecule has 9 nitrogen and oxygen atoms in total. The number of hydrogen-bond acceptors (Lipinski definition) is 8. The maximum Gasteiger partial charge on any atom is 0.270 e. The van der Waals surface area contributed by atoms with Crippen LogP contribution in [0, 0.1) is 17.0 Å². The smallest absolute Gasteiger partial charge is 0.270 e. The number of nitrogens with zero attached hydrogens (tertiary/aromatic N) is 3. The highest BCUT2D eigenvalue weighted by Gasteiger charge is 2.18. The van der Waals surface area contributed by atoms with Crippen LogP contribution in [0.1, 0.15) is 16.7 Å². The number of hydrogen-bond donors (Lipinski definition) is 4. The highest BCUT2D eigenvalue weighted by Crippen LogP contribution is 2.24. The molecule has 148 valence electrons. The van der Waals surface area contributed by atoms with E-state index in [1.165, 1.54) is 12.1 Å². The zero-order chi connectivity index (χ0) is 19.5. The largest absolute Gasteiger partial charge is 0.395 e. The first-order chi connectivity index (χ1) is 12.5. The summed E-state index contributed by atoms with van der Waals surface area (Å²) in [6, 6.07) is 3.03. The summed E-state index contributed by atoms with van der Waals surface area (Å²) >= 11 is 0. The van der Waals surface area contributed by atoms with Crippen molar-refractivity contribution in [1.82, 2.24) is 9.80 Å². The van der Waals surface area contributed by atoms with Gasteiger partial charge in [0.05, 0.1) is 31.4 Å². The maximum absolute atomic E-state index is 11.3. The number of aliphatic hydroxyl groups is 4. The summed E-state index contributed by atoms with van der Waals surface area (Å²) in [4.78, 5) is 14.5. The Kier molecular flexibility index (Phi) is 10.3. The van der Waals surface area contributed by atoms with Crippen LogP contribution in [-0.4, -0.2) is 87.8 Å². The monoisotopic (exact) mass is 371 g/mol. The fourth-order valence-corrected chi connectivity index (χ4v) is 2.84. The molecule has 4 N–H and O–H groups in total. The molecule has 0 saturated carbocycles. The number of nitro groups is 1. The second kappa shape index (κ2) is 11.9. The van der Waals surface area contributed by atoms with E-state index in [0.29, 0.717) is 39.3 Å². The lowest BCUT2D eigenvalue weighted by Crippen LogP contribution is -2.31. The van der Waals surface area contributed by atoms with Crippen molar-refractivity contribution in [3.8, 4) is 0 Å². The number of non-ortho nitro benzene ring substituents is 1. The van der Waals surface area contributed by atoms with Gasteiger partial charge < -0.3 is 20.4 Å². The molecule has 0 saturated heterocycles. The standard InChI is InChI=1S/C17H29N3O6/c1-14-15(12-18(2-6-21)3-7-22)10-17(20(25)26)11-16(14)13-19(4-8-23)5-9-24/h10-11,21-24H,2-9,12-13H2,1H3. The summed E-state index contributed by atoms with van der Waals surface area (Å²) in [5.41, 5.74) is 2.37. The van der Waals surface area contributed by atoms with Crippen molar-refractivity contribution >= 4 is 5.69 Å². The molecule has 9 heteroatoms. The topological polar surface area (TPSA) is 131 Å². The van der Waals surface area contributed by atoms with E-state index in [1.807, 2.05) is 16.7 Å². The number of nitro benzene ring substituents is 1. The van der Waals surface area contributed by atoms with Gasteiger partial charge in [0.25, 0.3) is 5.69 Å². The number of aliphatic hydroxyl groups excluding tert-OH is 4. The molecule has 1 rings (SSSR count). The third kappa shape index (κ3) is 6.94. The summed E-state index contributed by atoms with van der Waals surface area (Å²) < 4.78 is 0. The van der Waals surface area contributed by atoms with Crippen molar-refractivity contribution in [3.05, 3.63) is 38.9 Å². The van der Waals surface area contributed by atoms with Crippen LogP contribution in [0.2, 0.25) is 0 Å². The number of benzene rings is 1. The van der Waals surface area contributed by atoms with Crippen molar-refractivity contribution in [1.29, 1.82) is 0 Å². The van der Waals surface area contributed by atoms with Gasteiger partial charge in [-0.15, -0.1) is 0 Å². The average molecular weight is 371 g/mol. The third-order valence-corrected chi connectivity index (χ3v) is 4.27. The Labute approximate surface area is 153 Å². The molecule has 0 spiro atoms. The molecule has 0 aromatic heterocycles. The molecule has 26 heavy (non-hydrogen) atoms. The molecule has 0 unspecified atom stereocenters. The predicted molar refractivity (Wildman–Crippen MR) is 96.7 cm³/mol. The molecule has 0 fully saturated rings. The molecule has 1 aromatic carbocycles. The predicted octanol–water partition coefficient (Wildman–Crippen LogP) is -0.524. The molecule has 0 aliphatic carbocycles. The van der Waals surface area contributed by atoms with Gasteiger partial charge in [-0.2, -0.15) is 0 Å². The van der Waals surface area contributed by atoms with Crippen LogP contribution in [-0.2, 0) is 13.1 Å². The quantitative estimate of drug-likeness (QED) is 0.269. The summed E-state index contributed by atoms with van der Waals surface area (Å²) in [5, 5.41) is 47.9. The van der Waals surface area contributed by atoms with Crippen molar-refractivity contribution in [2.24, 2.45) is 0 Å². The Morgan fingerprint density at radius 3 is 1.46 bits per heavy atom. The van der Waals surface area contributed by atoms with E-state index < -0.39 is 4.92 Å². The summed E-state index contributed by atoms with van der Waals surface area (Å²) in [6.07, 6.45) is 0. The van der Waals surface area contributed by atoms with E-state index in [2.05, 4.69) is 0 Å². The summed E-state index contributed by atoms with van der Waals surface area (Å²) in [7, 11) is 0. The molecule has 0 atom stereocenters. The van der Waals surface area contributed by atoms with Gasteiger partial charge in [0.1, 0.15) is 0 Å². The van der Waals surface area contributed by atoms with Crippen LogP contribution in [0.25, 0.3) is 0 Å². The van der Waals surface area contributed by atoms with Crippen LogP contribution in [0.4, 0.5) is 5.69 Å². The minimum atomic E-state index is -0.447. The molecule has 1 aromatic rings. The second-order valence-electron chi connectivity index (χ2n) is 6.09. The van der Waals surface area contributed by atoms with E-state index in [0.717, 1.165) is 16.7 Å². The van der Waals surface area contributed by atoms with Crippen LogP contribution in [0.15, 0.2) is 12.1 Å². The zero-order valence-electron chi connectivity index (χ0n) is 15.2. The molecule has 0 radical (unpaired) electrons. The van der Waals surface area contributed by atoms with Crippen LogP contribution >= 0.6 is 0 Å².